The van der Waals surface area contributed by atoms with Crippen molar-refractivity contribution in [3.63, 3.8) is 0 Å². The zero-order valence-electron chi connectivity index (χ0n) is 26.9. The summed E-state index contributed by atoms with van der Waals surface area (Å²) in [6, 6.07) is 56.8. The summed E-state index contributed by atoms with van der Waals surface area (Å²) in [5.74, 6) is -0.278. The summed E-state index contributed by atoms with van der Waals surface area (Å²) in [5, 5.41) is 16.7. The van der Waals surface area contributed by atoms with E-state index in [1.807, 2.05) is 60.7 Å². The molecule has 1 aliphatic heterocycles. The Morgan fingerprint density at radius 1 is 0.429 bits per heavy atom. The molecule has 49 heavy (non-hydrogen) atoms. The standard InChI is InChI=1S/C42H37N3O2P2/c46-41(35-25-13-15-27-39(35)48(31-17-5-1-6-18-31)32-19-7-2-8-20-32)44-37-29-43-30-38(37)45-42(47)36-26-14-16-28-40(36)49(33-21-9-3-10-22-33)34-23-11-4-12-24-34/h1-28,37-38,43H,29-30H2,(H,44,46)(H,45,47)/t37-,38-/m1/s1. The SMILES string of the molecule is O=C(N[C@@H]1CNC[C@H]1NC(=O)c1ccccc1P(c1ccccc1)c1ccccc1)c1ccccc1P(c1ccccc1)c1ccccc1. The highest BCUT2D eigenvalue weighted by molar-refractivity contribution is 7.80. The highest BCUT2D eigenvalue weighted by Crippen LogP contribution is 2.35. The molecule has 6 aromatic carbocycles. The van der Waals surface area contributed by atoms with Gasteiger partial charge in [0.1, 0.15) is 0 Å². The van der Waals surface area contributed by atoms with Crippen LogP contribution in [0.3, 0.4) is 0 Å². The lowest BCUT2D eigenvalue weighted by Gasteiger charge is -2.25. The minimum absolute atomic E-state index is 0.139. The average Bonchev–Trinajstić information content (AvgIpc) is 3.60. The molecule has 0 aromatic heterocycles. The molecular weight excluding hydrogens is 640 g/mol. The predicted molar refractivity (Wildman–Crippen MR) is 206 cm³/mol. The van der Waals surface area contributed by atoms with Gasteiger partial charge < -0.3 is 16.0 Å². The molecule has 1 aliphatic rings. The Kier molecular flexibility index (Phi) is 10.3. The molecule has 5 nitrogen and oxygen atoms in total. The van der Waals surface area contributed by atoms with E-state index < -0.39 is 15.8 Å². The van der Waals surface area contributed by atoms with Gasteiger partial charge in [-0.05, 0) is 59.8 Å². The molecular formula is C42H37N3O2P2. The van der Waals surface area contributed by atoms with Crippen molar-refractivity contribution in [2.75, 3.05) is 13.1 Å². The van der Waals surface area contributed by atoms with Crippen molar-refractivity contribution < 1.29 is 9.59 Å². The Balaban J connectivity index is 1.14. The van der Waals surface area contributed by atoms with E-state index in [4.69, 9.17) is 0 Å². The van der Waals surface area contributed by atoms with Crippen molar-refractivity contribution in [3.05, 3.63) is 181 Å². The zero-order chi connectivity index (χ0) is 33.4. The van der Waals surface area contributed by atoms with E-state index in [1.165, 1.54) is 21.2 Å². The van der Waals surface area contributed by atoms with E-state index in [2.05, 4.69) is 125 Å². The third-order valence-electron chi connectivity index (χ3n) is 8.68. The predicted octanol–water partition coefficient (Wildman–Crippen LogP) is 4.70. The van der Waals surface area contributed by atoms with Crippen LogP contribution in [0.2, 0.25) is 0 Å². The smallest absolute Gasteiger partial charge is 0.252 e. The van der Waals surface area contributed by atoms with Crippen LogP contribution in [0.1, 0.15) is 20.7 Å². The van der Waals surface area contributed by atoms with Crippen LogP contribution in [-0.2, 0) is 0 Å². The number of hydrogen-bond acceptors (Lipinski definition) is 3. The molecule has 0 radical (unpaired) electrons. The van der Waals surface area contributed by atoms with Crippen LogP contribution >= 0.6 is 15.8 Å². The van der Waals surface area contributed by atoms with Crippen molar-refractivity contribution in [2.24, 2.45) is 0 Å². The van der Waals surface area contributed by atoms with Crippen molar-refractivity contribution in [3.8, 4) is 0 Å². The second-order valence-electron chi connectivity index (χ2n) is 11.9. The molecule has 7 heteroatoms. The lowest BCUT2D eigenvalue weighted by Crippen LogP contribution is -2.52. The van der Waals surface area contributed by atoms with Crippen LogP contribution in [0.25, 0.3) is 0 Å². The Morgan fingerprint density at radius 3 is 1.04 bits per heavy atom. The fourth-order valence-corrected chi connectivity index (χ4v) is 11.3. The maximum absolute atomic E-state index is 14.1. The molecule has 1 heterocycles. The van der Waals surface area contributed by atoms with Crippen LogP contribution in [0, 0.1) is 0 Å². The Bertz CT molecular complexity index is 1790. The Hall–Kier alpha value is -4.92. The summed E-state index contributed by atoms with van der Waals surface area (Å²) in [4.78, 5) is 28.2. The van der Waals surface area contributed by atoms with Gasteiger partial charge in [0, 0.05) is 24.2 Å². The molecule has 0 aliphatic carbocycles. The lowest BCUT2D eigenvalue weighted by atomic mass is 10.1. The molecule has 0 spiro atoms. The van der Waals surface area contributed by atoms with E-state index in [0.717, 1.165) is 10.6 Å². The van der Waals surface area contributed by atoms with Crippen LogP contribution in [0.5, 0.6) is 0 Å². The van der Waals surface area contributed by atoms with Crippen molar-refractivity contribution in [1.82, 2.24) is 16.0 Å². The summed E-state index contributed by atoms with van der Waals surface area (Å²) in [6.45, 7) is 1.13. The normalized spacial score (nSPS) is 15.6. The Labute approximate surface area is 290 Å². The third-order valence-corrected chi connectivity index (χ3v) is 13.7. The van der Waals surface area contributed by atoms with Crippen LogP contribution in [-0.4, -0.2) is 37.0 Å². The highest BCUT2D eigenvalue weighted by atomic mass is 31.1. The monoisotopic (exact) mass is 677 g/mol. The molecule has 1 fully saturated rings. The minimum atomic E-state index is -0.965. The maximum atomic E-state index is 14.1. The fraction of sp³-hybridized carbons (Fsp3) is 0.0952. The van der Waals surface area contributed by atoms with Gasteiger partial charge in [-0.1, -0.05) is 158 Å². The molecule has 2 amide bonds. The first-order chi connectivity index (χ1) is 24.2. The van der Waals surface area contributed by atoms with Crippen LogP contribution in [0.4, 0.5) is 0 Å². The number of benzene rings is 6. The van der Waals surface area contributed by atoms with Crippen molar-refractivity contribution in [2.45, 2.75) is 12.1 Å². The van der Waals surface area contributed by atoms with E-state index in [1.54, 1.807) is 0 Å². The first kappa shape index (κ1) is 32.6. The Morgan fingerprint density at radius 2 is 0.714 bits per heavy atom. The summed E-state index contributed by atoms with van der Waals surface area (Å²) < 4.78 is 0. The van der Waals surface area contributed by atoms with E-state index >= 15 is 0 Å². The zero-order valence-corrected chi connectivity index (χ0v) is 28.7. The third kappa shape index (κ3) is 7.41. The number of nitrogens with one attached hydrogen (secondary N) is 3. The number of hydrogen-bond donors (Lipinski definition) is 3. The lowest BCUT2D eigenvalue weighted by molar-refractivity contribution is 0.0898. The highest BCUT2D eigenvalue weighted by Gasteiger charge is 2.32. The molecule has 2 atom stereocenters. The van der Waals surface area contributed by atoms with Gasteiger partial charge in [-0.2, -0.15) is 0 Å². The summed E-state index contributed by atoms with van der Waals surface area (Å²) in [5.41, 5.74) is 1.31. The first-order valence-electron chi connectivity index (χ1n) is 16.5. The van der Waals surface area contributed by atoms with E-state index in [-0.39, 0.29) is 23.9 Å². The topological polar surface area (TPSA) is 70.2 Å². The van der Waals surface area contributed by atoms with Crippen LogP contribution < -0.4 is 47.8 Å². The second kappa shape index (κ2) is 15.5. The van der Waals surface area contributed by atoms with Gasteiger partial charge in [-0.25, -0.2) is 0 Å². The molecule has 7 rings (SSSR count). The van der Waals surface area contributed by atoms with Gasteiger partial charge in [-0.3, -0.25) is 9.59 Å². The van der Waals surface area contributed by atoms with Crippen LogP contribution in [0.15, 0.2) is 170 Å². The van der Waals surface area contributed by atoms with Gasteiger partial charge in [-0.15, -0.1) is 0 Å². The van der Waals surface area contributed by atoms with Crippen molar-refractivity contribution >= 4 is 59.5 Å². The molecule has 3 N–H and O–H groups in total. The van der Waals surface area contributed by atoms with Gasteiger partial charge in [0.15, 0.2) is 0 Å². The summed E-state index contributed by atoms with van der Waals surface area (Å²) in [7, 11) is -1.93. The molecule has 0 bridgehead atoms. The fourth-order valence-electron chi connectivity index (χ4n) is 6.36. The first-order valence-corrected chi connectivity index (χ1v) is 19.2. The molecule has 0 unspecified atom stereocenters. The van der Waals surface area contributed by atoms with Gasteiger partial charge in [0.2, 0.25) is 0 Å². The minimum Gasteiger partial charge on any atom is -0.346 e. The quantitative estimate of drug-likeness (QED) is 0.184. The molecule has 242 valence electrons. The van der Waals surface area contributed by atoms with E-state index in [9.17, 15) is 9.59 Å². The van der Waals surface area contributed by atoms with Gasteiger partial charge in [0.25, 0.3) is 11.8 Å². The van der Waals surface area contributed by atoms with E-state index in [0.29, 0.717) is 24.2 Å². The van der Waals surface area contributed by atoms with Gasteiger partial charge >= 0.3 is 0 Å². The van der Waals surface area contributed by atoms with Gasteiger partial charge in [0.05, 0.1) is 12.1 Å². The number of amides is 2. The maximum Gasteiger partial charge on any atom is 0.252 e. The summed E-state index contributed by atoms with van der Waals surface area (Å²) >= 11 is 0. The molecule has 0 saturated carbocycles. The summed E-state index contributed by atoms with van der Waals surface area (Å²) in [6.07, 6.45) is 0. The molecule has 6 aromatic rings. The average molecular weight is 678 g/mol. The largest absolute Gasteiger partial charge is 0.346 e. The number of carbonyl (C=O) groups excluding carboxylic acids is 2. The molecule has 1 saturated heterocycles. The number of rotatable bonds is 10. The van der Waals surface area contributed by atoms with Crippen molar-refractivity contribution in [1.29, 1.82) is 0 Å². The number of carbonyl (C=O) groups is 2. The second-order valence-corrected chi connectivity index (χ2v) is 16.2.